The van der Waals surface area contributed by atoms with E-state index in [-0.39, 0.29) is 5.91 Å². The summed E-state index contributed by atoms with van der Waals surface area (Å²) in [6.07, 6.45) is 11.6. The second-order valence-electron chi connectivity index (χ2n) is 6.80. The van der Waals surface area contributed by atoms with Gasteiger partial charge in [0, 0.05) is 25.3 Å². The van der Waals surface area contributed by atoms with E-state index in [0.29, 0.717) is 12.6 Å². The van der Waals surface area contributed by atoms with Crippen LogP contribution < -0.4 is 5.32 Å². The molecule has 1 aliphatic carbocycles. The van der Waals surface area contributed by atoms with Crippen LogP contribution in [-0.4, -0.2) is 46.3 Å². The van der Waals surface area contributed by atoms with Crippen LogP contribution in [0.5, 0.6) is 0 Å². The predicted molar refractivity (Wildman–Crippen MR) is 86.5 cm³/mol. The number of amides is 1. The fraction of sp³-hybridized carbons (Fsp3) is 0.765. The largest absolute Gasteiger partial charge is 0.338 e. The van der Waals surface area contributed by atoms with E-state index in [1.807, 2.05) is 24.0 Å². The molecule has 1 saturated carbocycles. The van der Waals surface area contributed by atoms with Gasteiger partial charge >= 0.3 is 0 Å². The van der Waals surface area contributed by atoms with Crippen molar-refractivity contribution in [2.24, 2.45) is 5.92 Å². The molecule has 5 nitrogen and oxygen atoms in total. The molecule has 1 amide bonds. The average molecular weight is 304 g/mol. The Morgan fingerprint density at radius 3 is 2.95 bits per heavy atom. The Morgan fingerprint density at radius 1 is 1.32 bits per heavy atom. The molecule has 0 aromatic carbocycles. The number of carbonyl (C=O) groups excluding carboxylic acids is 1. The van der Waals surface area contributed by atoms with Crippen LogP contribution in [0, 0.1) is 12.8 Å². The lowest BCUT2D eigenvalue weighted by molar-refractivity contribution is -0.136. The van der Waals surface area contributed by atoms with Crippen molar-refractivity contribution in [3.63, 3.8) is 0 Å². The van der Waals surface area contributed by atoms with Gasteiger partial charge in [-0.2, -0.15) is 5.10 Å². The highest BCUT2D eigenvalue weighted by atomic mass is 16.2. The molecule has 0 unspecified atom stereocenters. The molecule has 1 saturated heterocycles. The van der Waals surface area contributed by atoms with E-state index < -0.39 is 0 Å². The van der Waals surface area contributed by atoms with Crippen molar-refractivity contribution in [1.82, 2.24) is 20.0 Å². The summed E-state index contributed by atoms with van der Waals surface area (Å²) in [7, 11) is 0. The third-order valence-electron chi connectivity index (χ3n) is 5.12. The van der Waals surface area contributed by atoms with E-state index in [2.05, 4.69) is 15.3 Å². The number of rotatable bonds is 5. The van der Waals surface area contributed by atoms with Crippen molar-refractivity contribution in [1.29, 1.82) is 0 Å². The molecule has 2 aliphatic rings. The first-order chi connectivity index (χ1) is 10.7. The van der Waals surface area contributed by atoms with E-state index in [4.69, 9.17) is 0 Å². The van der Waals surface area contributed by atoms with Gasteiger partial charge in [0.15, 0.2) is 0 Å². The van der Waals surface area contributed by atoms with Crippen LogP contribution in [0.25, 0.3) is 0 Å². The maximum atomic E-state index is 12.5. The van der Waals surface area contributed by atoms with E-state index in [1.165, 1.54) is 44.1 Å². The Kier molecular flexibility index (Phi) is 5.13. The SMILES string of the molecule is Cc1cnn(CCNCC(=O)N2CCC[C@H]3CCCC[C@@H]32)c1. The Bertz CT molecular complexity index is 497. The van der Waals surface area contributed by atoms with Crippen LogP contribution in [0.3, 0.4) is 0 Å². The summed E-state index contributed by atoms with van der Waals surface area (Å²) in [4.78, 5) is 14.7. The molecule has 22 heavy (non-hydrogen) atoms. The molecule has 0 spiro atoms. The van der Waals surface area contributed by atoms with Crippen molar-refractivity contribution >= 4 is 5.91 Å². The average Bonchev–Trinajstić information content (AvgIpc) is 2.96. The van der Waals surface area contributed by atoms with Gasteiger partial charge in [-0.3, -0.25) is 9.48 Å². The highest BCUT2D eigenvalue weighted by Gasteiger charge is 2.35. The number of aromatic nitrogens is 2. The van der Waals surface area contributed by atoms with Crippen molar-refractivity contribution in [3.8, 4) is 0 Å². The van der Waals surface area contributed by atoms with Crippen LogP contribution in [-0.2, 0) is 11.3 Å². The Morgan fingerprint density at radius 2 is 2.14 bits per heavy atom. The summed E-state index contributed by atoms with van der Waals surface area (Å²) in [6.45, 7) is 5.06. The van der Waals surface area contributed by atoms with Gasteiger partial charge in [-0.15, -0.1) is 0 Å². The van der Waals surface area contributed by atoms with Crippen molar-refractivity contribution < 1.29 is 4.79 Å². The van der Waals surface area contributed by atoms with Gasteiger partial charge in [0.25, 0.3) is 0 Å². The summed E-state index contributed by atoms with van der Waals surface area (Å²) in [5.74, 6) is 1.05. The fourth-order valence-corrected chi connectivity index (χ4v) is 4.01. The monoisotopic (exact) mass is 304 g/mol. The van der Waals surface area contributed by atoms with E-state index >= 15 is 0 Å². The minimum atomic E-state index is 0.285. The second-order valence-corrected chi connectivity index (χ2v) is 6.80. The molecule has 1 aromatic rings. The first-order valence-electron chi connectivity index (χ1n) is 8.73. The molecule has 0 radical (unpaired) electrons. The lowest BCUT2D eigenvalue weighted by Crippen LogP contribution is -2.52. The lowest BCUT2D eigenvalue weighted by Gasteiger charge is -2.44. The van der Waals surface area contributed by atoms with Crippen LogP contribution in [0.2, 0.25) is 0 Å². The Hall–Kier alpha value is -1.36. The van der Waals surface area contributed by atoms with Crippen molar-refractivity contribution in [3.05, 3.63) is 18.0 Å². The lowest BCUT2D eigenvalue weighted by atomic mass is 9.78. The quantitative estimate of drug-likeness (QED) is 0.846. The molecule has 2 fully saturated rings. The molecule has 3 rings (SSSR count). The molecule has 122 valence electrons. The van der Waals surface area contributed by atoms with Gasteiger partial charge in [0.2, 0.25) is 5.91 Å². The number of fused-ring (bicyclic) bond motifs is 1. The summed E-state index contributed by atoms with van der Waals surface area (Å²) < 4.78 is 1.92. The minimum Gasteiger partial charge on any atom is -0.338 e. The van der Waals surface area contributed by atoms with Gasteiger partial charge in [0.05, 0.1) is 19.3 Å². The van der Waals surface area contributed by atoms with E-state index in [0.717, 1.165) is 25.6 Å². The van der Waals surface area contributed by atoms with E-state index in [9.17, 15) is 4.79 Å². The number of carbonyl (C=O) groups is 1. The van der Waals surface area contributed by atoms with Gasteiger partial charge in [-0.1, -0.05) is 12.8 Å². The number of hydrogen-bond donors (Lipinski definition) is 1. The predicted octanol–water partition coefficient (Wildman–Crippen LogP) is 1.96. The summed E-state index contributed by atoms with van der Waals surface area (Å²) in [5.41, 5.74) is 1.17. The molecular weight excluding hydrogens is 276 g/mol. The minimum absolute atomic E-state index is 0.285. The number of likely N-dealkylation sites (tertiary alicyclic amines) is 1. The van der Waals surface area contributed by atoms with Crippen LogP contribution in [0.1, 0.15) is 44.1 Å². The molecule has 2 atom stereocenters. The Labute approximate surface area is 133 Å². The Balaban J connectivity index is 1.43. The molecule has 1 aliphatic heterocycles. The number of nitrogens with one attached hydrogen (secondary N) is 1. The highest BCUT2D eigenvalue weighted by Crippen LogP contribution is 2.35. The molecule has 1 N–H and O–H groups in total. The molecule has 1 aromatic heterocycles. The zero-order chi connectivity index (χ0) is 15.4. The molecule has 2 heterocycles. The zero-order valence-corrected chi connectivity index (χ0v) is 13.6. The number of piperidine rings is 1. The summed E-state index contributed by atoms with van der Waals surface area (Å²) in [6, 6.07) is 0.519. The second kappa shape index (κ2) is 7.27. The van der Waals surface area contributed by atoms with Gasteiger partial charge < -0.3 is 10.2 Å². The smallest absolute Gasteiger partial charge is 0.236 e. The van der Waals surface area contributed by atoms with Gasteiger partial charge in [0.1, 0.15) is 0 Å². The number of hydrogen-bond acceptors (Lipinski definition) is 3. The topological polar surface area (TPSA) is 50.2 Å². The molecule has 0 bridgehead atoms. The highest BCUT2D eigenvalue weighted by molar-refractivity contribution is 5.78. The summed E-state index contributed by atoms with van der Waals surface area (Å²) in [5, 5.41) is 7.54. The fourth-order valence-electron chi connectivity index (χ4n) is 4.01. The number of nitrogens with zero attached hydrogens (tertiary/aromatic N) is 3. The first kappa shape index (κ1) is 15.5. The standard InChI is InChI=1S/C17H28N4O/c1-14-11-19-20(13-14)10-8-18-12-17(22)21-9-4-6-15-5-2-3-7-16(15)21/h11,13,15-16,18H,2-10,12H2,1H3/t15-,16+/m1/s1. The maximum absolute atomic E-state index is 12.5. The zero-order valence-electron chi connectivity index (χ0n) is 13.6. The normalized spacial score (nSPS) is 25.0. The first-order valence-corrected chi connectivity index (χ1v) is 8.73. The number of aryl methyl sites for hydroxylation is 1. The third kappa shape index (κ3) is 3.69. The van der Waals surface area contributed by atoms with Crippen molar-refractivity contribution in [2.75, 3.05) is 19.6 Å². The van der Waals surface area contributed by atoms with Gasteiger partial charge in [-0.05, 0) is 44.1 Å². The molecular formula is C17H28N4O. The van der Waals surface area contributed by atoms with Crippen LogP contribution in [0.4, 0.5) is 0 Å². The van der Waals surface area contributed by atoms with E-state index in [1.54, 1.807) is 0 Å². The van der Waals surface area contributed by atoms with Crippen LogP contribution >= 0.6 is 0 Å². The maximum Gasteiger partial charge on any atom is 0.236 e. The van der Waals surface area contributed by atoms with Crippen molar-refractivity contribution in [2.45, 2.75) is 58.0 Å². The van der Waals surface area contributed by atoms with Gasteiger partial charge in [-0.25, -0.2) is 0 Å². The summed E-state index contributed by atoms with van der Waals surface area (Å²) >= 11 is 0. The third-order valence-corrected chi connectivity index (χ3v) is 5.12. The van der Waals surface area contributed by atoms with Crippen LogP contribution in [0.15, 0.2) is 12.4 Å². The molecule has 5 heteroatoms.